The lowest BCUT2D eigenvalue weighted by atomic mass is 10.1. The van der Waals surface area contributed by atoms with Gasteiger partial charge in [0.05, 0.1) is 0 Å². The zero-order valence-corrected chi connectivity index (χ0v) is 46.7. The van der Waals surface area contributed by atoms with Crippen molar-refractivity contribution >= 4 is 0 Å². The molecule has 0 aliphatic rings. The van der Waals surface area contributed by atoms with Gasteiger partial charge in [0, 0.05) is 72.9 Å². The Hall–Kier alpha value is -5.24. The van der Waals surface area contributed by atoms with E-state index in [1.165, 1.54) is 16.7 Å². The first-order valence-electron chi connectivity index (χ1n) is 25.0. The van der Waals surface area contributed by atoms with Gasteiger partial charge in [-0.05, 0) is 101 Å². The van der Waals surface area contributed by atoms with Crippen LogP contribution in [0.5, 0.6) is 0 Å². The molecule has 0 fully saturated rings. The highest BCUT2D eigenvalue weighted by molar-refractivity contribution is 5.14. The highest BCUT2D eigenvalue weighted by Gasteiger charge is 1.98. The fourth-order valence-electron chi connectivity index (χ4n) is 4.15. The van der Waals surface area contributed by atoms with Gasteiger partial charge >= 0.3 is 0 Å². The van der Waals surface area contributed by atoms with Crippen LogP contribution in [0.3, 0.4) is 0 Å². The van der Waals surface area contributed by atoms with Crippen molar-refractivity contribution in [1.29, 1.82) is 0 Å². The molecule has 0 amide bonds. The highest BCUT2D eigenvalue weighted by atomic mass is 14.8. The lowest BCUT2D eigenvalue weighted by molar-refractivity contribution is 0.814. The van der Waals surface area contributed by atoms with Crippen LogP contribution in [0.2, 0.25) is 0 Å². The Morgan fingerprint density at radius 3 is 0.841 bits per heavy atom. The topological polar surface area (TPSA) is 103 Å². The molecule has 69 heavy (non-hydrogen) atoms. The van der Waals surface area contributed by atoms with Crippen LogP contribution in [0.25, 0.3) is 0 Å². The van der Waals surface area contributed by atoms with Gasteiger partial charge in [0.2, 0.25) is 0 Å². The Morgan fingerprint density at radius 2 is 0.623 bits per heavy atom. The van der Waals surface area contributed by atoms with Gasteiger partial charge in [-0.15, -0.1) is 0 Å². The minimum Gasteiger partial charge on any atom is -0.265 e. The molecule has 0 bridgehead atoms. The Kier molecular flexibility index (Phi) is 78.7. The summed E-state index contributed by atoms with van der Waals surface area (Å²) in [6.45, 7) is 49.7. The van der Waals surface area contributed by atoms with E-state index < -0.39 is 0 Å². The largest absolute Gasteiger partial charge is 0.265 e. The summed E-state index contributed by atoms with van der Waals surface area (Å²) in [5.74, 6) is 3.35. The maximum Gasteiger partial charge on any atom is 0.115 e. The number of hydrogen-bond acceptors (Lipinski definition) is 8. The van der Waals surface area contributed by atoms with Gasteiger partial charge in [0.25, 0.3) is 0 Å². The van der Waals surface area contributed by atoms with Crippen molar-refractivity contribution in [3.05, 3.63) is 169 Å². The second kappa shape index (κ2) is 64.8. The second-order valence-electron chi connectivity index (χ2n) is 14.3. The fourth-order valence-corrected chi connectivity index (χ4v) is 4.15. The van der Waals surface area contributed by atoms with E-state index in [0.717, 1.165) is 17.1 Å². The lowest BCUT2D eigenvalue weighted by Crippen LogP contribution is -1.90. The van der Waals surface area contributed by atoms with Crippen molar-refractivity contribution in [2.45, 2.75) is 224 Å². The van der Waals surface area contributed by atoms with Crippen LogP contribution in [-0.2, 0) is 0 Å². The fraction of sp³-hybridized carbons (Fsp3) is 0.541. The highest BCUT2D eigenvalue weighted by Crippen LogP contribution is 2.13. The molecular weight excluding hydrogens is 845 g/mol. The van der Waals surface area contributed by atoms with E-state index in [0.29, 0.717) is 35.5 Å². The summed E-state index contributed by atoms with van der Waals surface area (Å²) < 4.78 is 0. The molecule has 0 saturated carbocycles. The van der Waals surface area contributed by atoms with E-state index in [9.17, 15) is 0 Å². The first-order valence-corrected chi connectivity index (χ1v) is 25.0. The molecule has 0 N–H and O–H groups in total. The summed E-state index contributed by atoms with van der Waals surface area (Å²) in [4.78, 5) is 32.0. The van der Waals surface area contributed by atoms with Crippen LogP contribution in [0, 0.1) is 0 Å². The van der Waals surface area contributed by atoms with E-state index in [1.54, 1.807) is 25.0 Å². The van der Waals surface area contributed by atoms with Crippen molar-refractivity contribution in [3.8, 4) is 0 Å². The predicted molar refractivity (Wildman–Crippen MR) is 314 cm³/mol. The third-order valence-corrected chi connectivity index (χ3v) is 7.73. The SMILES string of the molecule is C.C.C.CC.CC.CC.CC.CC.CC.CC(C)c1ccccn1.CC(C)c1ccccn1.CC(C)c1cccnc1.CC(C)c1ccncc1.CC(C)c1ccncn1.CC(C)c1cncnc1. The van der Waals surface area contributed by atoms with Crippen molar-refractivity contribution in [3.63, 3.8) is 0 Å². The number of hydrogen-bond donors (Lipinski definition) is 0. The Bertz CT molecular complexity index is 1350. The Balaban J connectivity index is -0.0000000848. The van der Waals surface area contributed by atoms with Crippen molar-refractivity contribution in [1.82, 2.24) is 39.9 Å². The summed E-state index contributed by atoms with van der Waals surface area (Å²) in [6.07, 6.45) is 19.6. The van der Waals surface area contributed by atoms with E-state index >= 15 is 0 Å². The monoisotopic (exact) mass is 957 g/mol. The van der Waals surface area contributed by atoms with Crippen molar-refractivity contribution in [2.75, 3.05) is 0 Å². The third kappa shape index (κ3) is 52.0. The maximum absolute atomic E-state index is 4.18. The molecule has 0 saturated heterocycles. The van der Waals surface area contributed by atoms with Crippen LogP contribution in [0.4, 0.5) is 0 Å². The van der Waals surface area contributed by atoms with Crippen molar-refractivity contribution in [2.24, 2.45) is 0 Å². The molecule has 0 unspecified atom stereocenters. The summed E-state index contributed by atoms with van der Waals surface area (Å²) in [5, 5.41) is 0. The number of aromatic nitrogens is 8. The zero-order valence-electron chi connectivity index (χ0n) is 46.7. The second-order valence-corrected chi connectivity index (χ2v) is 14.3. The summed E-state index contributed by atoms with van der Waals surface area (Å²) >= 11 is 0. The van der Waals surface area contributed by atoms with Gasteiger partial charge in [0.1, 0.15) is 12.7 Å². The standard InChI is InChI=1S/4C8H11N.2C7H10N2.6C2H6.3CH4/c1-7(2)8-3-5-9-6-4-8;1-7(2)8-4-3-5-9-6-8;2*1-7(2)8-5-3-4-6-9-8;1-6(2)7-3-8-5-9-4-7;1-6(2)7-3-4-8-5-9-7;6*1-2;;;/h4*3-7H,1-2H3;2*3-6H,1-2H3;6*1-2H3;3*1H4. The first kappa shape index (κ1) is 83.8. The molecule has 0 aliphatic carbocycles. The zero-order chi connectivity index (χ0) is 52.1. The van der Waals surface area contributed by atoms with Gasteiger partial charge in [-0.1, -0.05) is 207 Å². The van der Waals surface area contributed by atoms with Crippen LogP contribution >= 0.6 is 0 Å². The molecular formula is C61H112N8. The molecule has 6 heterocycles. The molecule has 0 aromatic carbocycles. The van der Waals surface area contributed by atoms with Crippen LogP contribution in [0.1, 0.15) is 258 Å². The molecule has 6 aromatic heterocycles. The van der Waals surface area contributed by atoms with Gasteiger partial charge < -0.3 is 0 Å². The Labute approximate surface area is 431 Å². The Morgan fingerprint density at radius 1 is 0.261 bits per heavy atom. The molecule has 0 radical (unpaired) electrons. The van der Waals surface area contributed by atoms with Crippen molar-refractivity contribution < 1.29 is 0 Å². The van der Waals surface area contributed by atoms with Crippen LogP contribution in [0.15, 0.2) is 135 Å². The van der Waals surface area contributed by atoms with E-state index in [1.807, 2.05) is 187 Å². The molecule has 0 spiro atoms. The summed E-state index contributed by atoms with van der Waals surface area (Å²) in [5.41, 5.74) is 7.28. The minimum atomic E-state index is 0. The predicted octanol–water partition coefficient (Wildman–Crippen LogP) is 20.1. The minimum absolute atomic E-state index is 0. The maximum atomic E-state index is 4.18. The third-order valence-electron chi connectivity index (χ3n) is 7.73. The molecule has 8 nitrogen and oxygen atoms in total. The lowest BCUT2D eigenvalue weighted by Gasteiger charge is -2.01. The summed E-state index contributed by atoms with van der Waals surface area (Å²) in [7, 11) is 0. The van der Waals surface area contributed by atoms with E-state index in [2.05, 4.69) is 129 Å². The average Bonchev–Trinajstić information content (AvgIpc) is 3.40. The molecule has 0 atom stereocenters. The average molecular weight is 958 g/mol. The smallest absolute Gasteiger partial charge is 0.115 e. The summed E-state index contributed by atoms with van der Waals surface area (Å²) in [6, 6.07) is 22.1. The molecule has 6 aromatic rings. The molecule has 396 valence electrons. The molecule has 8 heteroatoms. The van der Waals surface area contributed by atoms with Gasteiger partial charge in [0.15, 0.2) is 0 Å². The normalized spacial score (nSPS) is 8.43. The van der Waals surface area contributed by atoms with Crippen LogP contribution in [-0.4, -0.2) is 39.9 Å². The number of rotatable bonds is 6. The van der Waals surface area contributed by atoms with Crippen LogP contribution < -0.4 is 0 Å². The van der Waals surface area contributed by atoms with Gasteiger partial charge in [-0.2, -0.15) is 0 Å². The van der Waals surface area contributed by atoms with Gasteiger partial charge in [-0.25, -0.2) is 19.9 Å². The van der Waals surface area contributed by atoms with E-state index in [-0.39, 0.29) is 22.3 Å². The van der Waals surface area contributed by atoms with Gasteiger partial charge in [-0.3, -0.25) is 19.9 Å². The van der Waals surface area contributed by atoms with E-state index in [4.69, 9.17) is 0 Å². The number of nitrogens with zero attached hydrogens (tertiary/aromatic N) is 8. The number of pyridine rings is 4. The first-order chi connectivity index (χ1) is 31.8. The molecule has 0 aliphatic heterocycles. The molecule has 6 rings (SSSR count). The quantitative estimate of drug-likeness (QED) is 0.163.